The van der Waals surface area contributed by atoms with Gasteiger partial charge in [0, 0.05) is 12.0 Å². The van der Waals surface area contributed by atoms with Gasteiger partial charge in [-0.2, -0.15) is 0 Å². The lowest BCUT2D eigenvalue weighted by Gasteiger charge is -1.92. The summed E-state index contributed by atoms with van der Waals surface area (Å²) in [6.45, 7) is 0. The van der Waals surface area contributed by atoms with Crippen LogP contribution in [0.1, 0.15) is 21.9 Å². The van der Waals surface area contributed by atoms with Crippen LogP contribution in [0.3, 0.4) is 0 Å². The Labute approximate surface area is 80.4 Å². The minimum absolute atomic E-state index is 0. The minimum atomic E-state index is 0. The zero-order valence-corrected chi connectivity index (χ0v) is 7.40. The van der Waals surface area contributed by atoms with E-state index in [2.05, 4.69) is 0 Å². The Bertz CT molecular complexity index is 386. The first-order valence-electron chi connectivity index (χ1n) is 3.94. The highest BCUT2D eigenvalue weighted by molar-refractivity contribution is 5.73. The molecule has 0 aliphatic heterocycles. The van der Waals surface area contributed by atoms with E-state index in [4.69, 9.17) is 8.83 Å². The summed E-state index contributed by atoms with van der Waals surface area (Å²) in [5.41, 5.74) is 0.852. The number of aldehydes is 1. The smallest absolute Gasteiger partial charge is 0.185 e. The van der Waals surface area contributed by atoms with Gasteiger partial charge in [-0.25, -0.2) is 0 Å². The molecule has 0 radical (unpaired) electrons. The highest BCUT2D eigenvalue weighted by Crippen LogP contribution is 2.14. The molecule has 0 spiro atoms. The Balaban J connectivity index is 0.000000980. The molecule has 74 valence electrons. The second-order valence-corrected chi connectivity index (χ2v) is 2.68. The van der Waals surface area contributed by atoms with Crippen molar-refractivity contribution in [3.8, 4) is 0 Å². The van der Waals surface area contributed by atoms with Gasteiger partial charge < -0.3 is 14.3 Å². The van der Waals surface area contributed by atoms with Crippen LogP contribution in [-0.2, 0) is 6.42 Å². The third-order valence-corrected chi connectivity index (χ3v) is 1.83. The Hall–Kier alpha value is -1.81. The van der Waals surface area contributed by atoms with Crippen LogP contribution in [0.5, 0.6) is 0 Å². The summed E-state index contributed by atoms with van der Waals surface area (Å²) in [4.78, 5) is 10.5. The van der Waals surface area contributed by atoms with Gasteiger partial charge in [0.05, 0.1) is 12.5 Å². The molecule has 0 aliphatic carbocycles. The number of hydrogen-bond acceptors (Lipinski definition) is 3. The highest BCUT2D eigenvalue weighted by atomic mass is 16.3. The molecule has 0 fully saturated rings. The van der Waals surface area contributed by atoms with E-state index in [1.165, 1.54) is 6.26 Å². The van der Waals surface area contributed by atoms with Crippen LogP contribution in [0.15, 0.2) is 39.6 Å². The summed E-state index contributed by atoms with van der Waals surface area (Å²) in [5.74, 6) is 1.20. The molecule has 14 heavy (non-hydrogen) atoms. The number of hydrogen-bond donors (Lipinski definition) is 0. The normalized spacial score (nSPS) is 9.43. The third kappa shape index (κ3) is 1.92. The van der Waals surface area contributed by atoms with E-state index in [1.54, 1.807) is 12.3 Å². The molecule has 0 aliphatic rings. The average molecular weight is 194 g/mol. The molecule has 0 bridgehead atoms. The van der Waals surface area contributed by atoms with E-state index in [0.717, 1.165) is 11.3 Å². The lowest BCUT2D eigenvalue weighted by atomic mass is 10.1. The van der Waals surface area contributed by atoms with Gasteiger partial charge >= 0.3 is 0 Å². The van der Waals surface area contributed by atoms with Crippen LogP contribution in [0.2, 0.25) is 0 Å². The van der Waals surface area contributed by atoms with E-state index in [9.17, 15) is 4.79 Å². The van der Waals surface area contributed by atoms with Gasteiger partial charge in [0.15, 0.2) is 12.0 Å². The molecule has 2 aromatic rings. The Morgan fingerprint density at radius 2 is 2.07 bits per heavy atom. The standard InChI is InChI=1S/C10H8O3.H2O/c11-7-10-8(3-5-13-10)6-9-2-1-4-12-9;/h1-5,7H,6H2;1H2. The third-order valence-electron chi connectivity index (χ3n) is 1.83. The second-order valence-electron chi connectivity index (χ2n) is 2.68. The van der Waals surface area contributed by atoms with Gasteiger partial charge in [0.25, 0.3) is 0 Å². The van der Waals surface area contributed by atoms with Crippen molar-refractivity contribution in [3.05, 3.63) is 47.8 Å². The van der Waals surface area contributed by atoms with Gasteiger partial charge in [-0.15, -0.1) is 0 Å². The van der Waals surface area contributed by atoms with Crippen LogP contribution in [0.4, 0.5) is 0 Å². The maximum atomic E-state index is 10.5. The highest BCUT2D eigenvalue weighted by Gasteiger charge is 2.06. The molecule has 0 atom stereocenters. The molecule has 0 aromatic carbocycles. The molecule has 2 N–H and O–H groups in total. The van der Waals surface area contributed by atoms with Crippen molar-refractivity contribution in [2.45, 2.75) is 6.42 Å². The lowest BCUT2D eigenvalue weighted by Crippen LogP contribution is -1.87. The molecular weight excluding hydrogens is 184 g/mol. The fourth-order valence-electron chi connectivity index (χ4n) is 1.20. The van der Waals surface area contributed by atoms with E-state index < -0.39 is 0 Å². The monoisotopic (exact) mass is 194 g/mol. The summed E-state index contributed by atoms with van der Waals surface area (Å²) < 4.78 is 10.1. The van der Waals surface area contributed by atoms with Crippen molar-refractivity contribution in [2.75, 3.05) is 0 Å². The number of carbonyl (C=O) groups is 1. The van der Waals surface area contributed by atoms with Crippen molar-refractivity contribution >= 4 is 6.29 Å². The van der Waals surface area contributed by atoms with E-state index in [0.29, 0.717) is 18.5 Å². The van der Waals surface area contributed by atoms with E-state index in [-0.39, 0.29) is 5.48 Å². The van der Waals surface area contributed by atoms with Gasteiger partial charge in [0.2, 0.25) is 0 Å². The molecule has 2 heterocycles. The minimum Gasteiger partial charge on any atom is -0.469 e. The fraction of sp³-hybridized carbons (Fsp3) is 0.100. The molecule has 2 aromatic heterocycles. The maximum absolute atomic E-state index is 10.5. The molecule has 0 amide bonds. The maximum Gasteiger partial charge on any atom is 0.185 e. The van der Waals surface area contributed by atoms with Crippen molar-refractivity contribution in [3.63, 3.8) is 0 Å². The van der Waals surface area contributed by atoms with Crippen molar-refractivity contribution in [2.24, 2.45) is 0 Å². The Morgan fingerprint density at radius 1 is 1.21 bits per heavy atom. The summed E-state index contributed by atoms with van der Waals surface area (Å²) in [6, 6.07) is 5.45. The summed E-state index contributed by atoms with van der Waals surface area (Å²) in [7, 11) is 0. The van der Waals surface area contributed by atoms with Crippen LogP contribution in [0.25, 0.3) is 0 Å². The van der Waals surface area contributed by atoms with Crippen LogP contribution in [0, 0.1) is 0 Å². The predicted octanol–water partition coefficient (Wildman–Crippen LogP) is 1.45. The predicted molar refractivity (Wildman–Crippen MR) is 49.2 cm³/mol. The molecule has 0 unspecified atom stereocenters. The first kappa shape index (κ1) is 10.3. The number of carbonyl (C=O) groups excluding carboxylic acids is 1. The zero-order chi connectivity index (χ0) is 9.10. The van der Waals surface area contributed by atoms with Crippen LogP contribution >= 0.6 is 0 Å². The molecule has 0 saturated carbocycles. The molecule has 0 saturated heterocycles. The van der Waals surface area contributed by atoms with E-state index in [1.807, 2.05) is 12.1 Å². The van der Waals surface area contributed by atoms with Crippen molar-refractivity contribution in [1.82, 2.24) is 0 Å². The zero-order valence-electron chi connectivity index (χ0n) is 7.40. The number of furan rings is 2. The van der Waals surface area contributed by atoms with Crippen molar-refractivity contribution < 1.29 is 19.1 Å². The number of rotatable bonds is 3. The summed E-state index contributed by atoms with van der Waals surface area (Å²) in [6.07, 6.45) is 4.41. The van der Waals surface area contributed by atoms with Gasteiger partial charge in [-0.1, -0.05) is 0 Å². The Kier molecular flexibility index (Phi) is 3.25. The topological polar surface area (TPSA) is 74.8 Å². The largest absolute Gasteiger partial charge is 0.469 e. The van der Waals surface area contributed by atoms with Gasteiger partial charge in [0.1, 0.15) is 5.76 Å². The molecular formula is C10H10O4. The lowest BCUT2D eigenvalue weighted by molar-refractivity contribution is 0.109. The van der Waals surface area contributed by atoms with Crippen LogP contribution in [-0.4, -0.2) is 11.8 Å². The molecule has 2 rings (SSSR count). The summed E-state index contributed by atoms with van der Waals surface area (Å²) >= 11 is 0. The second kappa shape index (κ2) is 4.43. The fourth-order valence-corrected chi connectivity index (χ4v) is 1.20. The first-order chi connectivity index (χ1) is 6.40. The first-order valence-corrected chi connectivity index (χ1v) is 3.94. The van der Waals surface area contributed by atoms with E-state index >= 15 is 0 Å². The quantitative estimate of drug-likeness (QED) is 0.694. The van der Waals surface area contributed by atoms with Crippen molar-refractivity contribution in [1.29, 1.82) is 0 Å². The SMILES string of the molecule is O.O=Cc1occc1Cc1ccco1. The molecule has 4 nitrogen and oxygen atoms in total. The van der Waals surface area contributed by atoms with Gasteiger partial charge in [-0.3, -0.25) is 4.79 Å². The van der Waals surface area contributed by atoms with Gasteiger partial charge in [-0.05, 0) is 18.2 Å². The molecule has 4 heteroatoms. The Morgan fingerprint density at radius 3 is 2.71 bits per heavy atom. The summed E-state index contributed by atoms with van der Waals surface area (Å²) in [5, 5.41) is 0. The average Bonchev–Trinajstić information content (AvgIpc) is 2.76. The van der Waals surface area contributed by atoms with Crippen LogP contribution < -0.4 is 0 Å².